The van der Waals surface area contributed by atoms with Crippen LogP contribution in [0.5, 0.6) is 0 Å². The molecule has 2 heteroatoms. The number of ether oxygens (including phenoxy) is 1. The third-order valence-electron chi connectivity index (χ3n) is 8.61. The largest absolute Gasteiger partial charge is 0.469 e. The van der Waals surface area contributed by atoms with Gasteiger partial charge in [-0.1, -0.05) is 25.0 Å². The molecule has 0 aliphatic heterocycles. The third-order valence-corrected chi connectivity index (χ3v) is 8.61. The molecule has 0 aromatic rings. The maximum absolute atomic E-state index is 12.6. The van der Waals surface area contributed by atoms with Gasteiger partial charge in [0.2, 0.25) is 0 Å². The van der Waals surface area contributed by atoms with Crippen LogP contribution in [0.4, 0.5) is 0 Å². The Bertz CT molecular complexity index is 564. The summed E-state index contributed by atoms with van der Waals surface area (Å²) >= 11 is 0. The molecule has 1 spiro atoms. The lowest BCUT2D eigenvalue weighted by molar-refractivity contribution is -0.180. The van der Waals surface area contributed by atoms with E-state index in [1.165, 1.54) is 44.9 Å². The van der Waals surface area contributed by atoms with Gasteiger partial charge in [-0.05, 0) is 87.4 Å². The van der Waals surface area contributed by atoms with Crippen molar-refractivity contribution < 1.29 is 9.53 Å². The second-order valence-electron chi connectivity index (χ2n) is 9.51. The monoisotopic (exact) mass is 316 g/mol. The van der Waals surface area contributed by atoms with Crippen molar-refractivity contribution in [2.45, 2.75) is 72.1 Å². The minimum absolute atomic E-state index is 0.0382. The molecule has 128 valence electrons. The van der Waals surface area contributed by atoms with E-state index in [-0.39, 0.29) is 11.4 Å². The van der Waals surface area contributed by atoms with E-state index in [1.54, 1.807) is 12.7 Å². The summed E-state index contributed by atoms with van der Waals surface area (Å²) in [6.07, 6.45) is 12.8. The lowest BCUT2D eigenvalue weighted by Crippen LogP contribution is -2.58. The molecule has 23 heavy (non-hydrogen) atoms. The Morgan fingerprint density at radius 3 is 2.65 bits per heavy atom. The number of fused-ring (bicyclic) bond motifs is 3. The number of hydrogen-bond donors (Lipinski definition) is 0. The molecule has 0 radical (unpaired) electrons. The highest BCUT2D eigenvalue weighted by Gasteiger charge is 2.64. The van der Waals surface area contributed by atoms with Crippen molar-refractivity contribution in [2.75, 3.05) is 7.11 Å². The van der Waals surface area contributed by atoms with E-state index in [9.17, 15) is 4.79 Å². The Hall–Kier alpha value is -0.790. The number of rotatable bonds is 1. The number of allylic oxidation sites excluding steroid dienone is 2. The normalized spacial score (nSPS) is 51.5. The average Bonchev–Trinajstić information content (AvgIpc) is 2.75. The number of carbonyl (C=O) groups is 1. The summed E-state index contributed by atoms with van der Waals surface area (Å²) in [4.78, 5) is 12.6. The maximum atomic E-state index is 12.6. The van der Waals surface area contributed by atoms with Crippen LogP contribution in [0, 0.1) is 34.0 Å². The lowest BCUT2D eigenvalue weighted by Gasteiger charge is -2.63. The minimum Gasteiger partial charge on any atom is -0.469 e. The van der Waals surface area contributed by atoms with Crippen LogP contribution >= 0.6 is 0 Å². The van der Waals surface area contributed by atoms with Crippen LogP contribution < -0.4 is 0 Å². The zero-order valence-electron chi connectivity index (χ0n) is 15.3. The number of esters is 1. The van der Waals surface area contributed by atoms with Crippen LogP contribution in [0.2, 0.25) is 0 Å². The predicted molar refractivity (Wildman–Crippen MR) is 91.8 cm³/mol. The molecule has 2 nitrogen and oxygen atoms in total. The Balaban J connectivity index is 1.74. The van der Waals surface area contributed by atoms with Crippen LogP contribution in [-0.4, -0.2) is 13.1 Å². The van der Waals surface area contributed by atoms with Gasteiger partial charge in [0.15, 0.2) is 0 Å². The molecule has 4 aliphatic rings. The van der Waals surface area contributed by atoms with Gasteiger partial charge in [-0.15, -0.1) is 0 Å². The first-order chi connectivity index (χ1) is 10.9. The molecule has 0 N–H and O–H groups in total. The maximum Gasteiger partial charge on any atom is 0.311 e. The summed E-state index contributed by atoms with van der Waals surface area (Å²) in [6, 6.07) is 0. The first-order valence-corrected chi connectivity index (χ1v) is 9.63. The van der Waals surface area contributed by atoms with Crippen molar-refractivity contribution in [1.29, 1.82) is 0 Å². The Morgan fingerprint density at radius 1 is 1.13 bits per heavy atom. The van der Waals surface area contributed by atoms with Gasteiger partial charge in [0.25, 0.3) is 0 Å². The Morgan fingerprint density at radius 2 is 1.91 bits per heavy atom. The Kier molecular flexibility index (Phi) is 3.32. The van der Waals surface area contributed by atoms with Crippen LogP contribution in [0.1, 0.15) is 72.1 Å². The zero-order valence-corrected chi connectivity index (χ0v) is 15.3. The summed E-state index contributed by atoms with van der Waals surface area (Å²) in [7, 11) is 1.57. The topological polar surface area (TPSA) is 26.3 Å². The molecule has 4 aliphatic carbocycles. The quantitative estimate of drug-likeness (QED) is 0.495. The number of hydrogen-bond acceptors (Lipinski definition) is 2. The second kappa shape index (κ2) is 4.86. The number of methoxy groups -OCH3 is 1. The molecule has 2 bridgehead atoms. The molecule has 0 heterocycles. The summed E-state index contributed by atoms with van der Waals surface area (Å²) in [5.74, 6) is 2.16. The molecule has 0 aromatic carbocycles. The third kappa shape index (κ3) is 1.90. The highest BCUT2D eigenvalue weighted by molar-refractivity contribution is 5.77. The van der Waals surface area contributed by atoms with E-state index in [4.69, 9.17) is 4.74 Å². The molecule has 2 unspecified atom stereocenters. The predicted octanol–water partition coefficient (Wildman–Crippen LogP) is 5.13. The summed E-state index contributed by atoms with van der Waals surface area (Å²) < 4.78 is 5.25. The summed E-state index contributed by atoms with van der Waals surface area (Å²) in [6.45, 7) is 7.07. The van der Waals surface area contributed by atoms with E-state index in [2.05, 4.69) is 26.8 Å². The van der Waals surface area contributed by atoms with Crippen molar-refractivity contribution in [3.05, 3.63) is 11.6 Å². The minimum atomic E-state index is -0.266. The van der Waals surface area contributed by atoms with Gasteiger partial charge >= 0.3 is 5.97 Å². The van der Waals surface area contributed by atoms with E-state index >= 15 is 0 Å². The standard InChI is InChI=1S/C21H32O2/c1-14-12-21-11-8-16-19(2,17(21)7-6-15(14)13-21)9-5-10-20(16,3)18(22)23-4/h12,15-17H,5-11,13H2,1-4H3/t15-,16?,17?,19-,20-,21-/m1/s1. The molecule has 0 saturated heterocycles. The van der Waals surface area contributed by atoms with Crippen LogP contribution in [0.25, 0.3) is 0 Å². The van der Waals surface area contributed by atoms with Crippen molar-refractivity contribution >= 4 is 5.97 Å². The molecule has 3 fully saturated rings. The molecule has 0 aromatic heterocycles. The van der Waals surface area contributed by atoms with Gasteiger partial charge in [-0.3, -0.25) is 4.79 Å². The molecule has 4 rings (SSSR count). The molecular formula is C21H32O2. The van der Waals surface area contributed by atoms with Crippen LogP contribution in [0.15, 0.2) is 11.6 Å². The highest BCUT2D eigenvalue weighted by Crippen LogP contribution is 2.70. The van der Waals surface area contributed by atoms with Gasteiger partial charge in [0.1, 0.15) is 0 Å². The van der Waals surface area contributed by atoms with E-state index < -0.39 is 0 Å². The fraction of sp³-hybridized carbons (Fsp3) is 0.857. The molecule has 6 atom stereocenters. The fourth-order valence-electron chi connectivity index (χ4n) is 7.68. The van der Waals surface area contributed by atoms with Gasteiger partial charge in [0.05, 0.1) is 12.5 Å². The van der Waals surface area contributed by atoms with Gasteiger partial charge in [-0.25, -0.2) is 0 Å². The highest BCUT2D eigenvalue weighted by atomic mass is 16.5. The molecular weight excluding hydrogens is 284 g/mol. The van der Waals surface area contributed by atoms with E-state index in [0.717, 1.165) is 18.3 Å². The van der Waals surface area contributed by atoms with Gasteiger partial charge in [-0.2, -0.15) is 0 Å². The summed E-state index contributed by atoms with van der Waals surface area (Å²) in [5, 5.41) is 0. The first kappa shape index (κ1) is 15.7. The molecule has 0 amide bonds. The zero-order chi connectivity index (χ0) is 16.5. The fourth-order valence-corrected chi connectivity index (χ4v) is 7.68. The smallest absolute Gasteiger partial charge is 0.311 e. The van der Waals surface area contributed by atoms with E-state index in [0.29, 0.717) is 16.7 Å². The van der Waals surface area contributed by atoms with Gasteiger partial charge in [0, 0.05) is 0 Å². The van der Waals surface area contributed by atoms with Gasteiger partial charge < -0.3 is 4.74 Å². The van der Waals surface area contributed by atoms with Crippen molar-refractivity contribution in [3.8, 4) is 0 Å². The average molecular weight is 316 g/mol. The molecule has 3 saturated carbocycles. The first-order valence-electron chi connectivity index (χ1n) is 9.63. The Labute approximate surface area is 141 Å². The number of carbonyl (C=O) groups excluding carboxylic acids is 1. The second-order valence-corrected chi connectivity index (χ2v) is 9.51. The van der Waals surface area contributed by atoms with Crippen molar-refractivity contribution in [2.24, 2.45) is 34.0 Å². The van der Waals surface area contributed by atoms with Crippen LogP contribution in [0.3, 0.4) is 0 Å². The van der Waals surface area contributed by atoms with Crippen molar-refractivity contribution in [1.82, 2.24) is 0 Å². The van der Waals surface area contributed by atoms with Crippen LogP contribution in [-0.2, 0) is 9.53 Å². The lowest BCUT2D eigenvalue weighted by atomic mass is 9.41. The van der Waals surface area contributed by atoms with E-state index in [1.807, 2.05) is 0 Å². The summed E-state index contributed by atoms with van der Waals surface area (Å²) in [5.41, 5.74) is 2.15. The van der Waals surface area contributed by atoms with Crippen molar-refractivity contribution in [3.63, 3.8) is 0 Å². The SMILES string of the molecule is COC(=O)[C@]1(C)CCC[C@@]2(C)C3CC[C@@H]4C[C@]3(C=C4C)CCC21.